The number of carbonyl (C=O) groups is 1. The van der Waals surface area contributed by atoms with Crippen molar-refractivity contribution in [3.63, 3.8) is 0 Å². The van der Waals surface area contributed by atoms with Crippen LogP contribution in [0, 0.1) is 6.92 Å². The SMILES string of the molecule is COc1cc(NC(=O)c2cc(C)nc3c2nc2n3CCCCC2)cc(OC)c1OC. The molecule has 8 nitrogen and oxygen atoms in total. The summed E-state index contributed by atoms with van der Waals surface area (Å²) in [6, 6.07) is 5.18. The third-order valence-corrected chi connectivity index (χ3v) is 5.36. The van der Waals surface area contributed by atoms with Gasteiger partial charge in [0, 0.05) is 36.5 Å². The first-order valence-corrected chi connectivity index (χ1v) is 10.0. The number of pyridine rings is 1. The summed E-state index contributed by atoms with van der Waals surface area (Å²) in [5.74, 6) is 2.15. The number of imidazole rings is 1. The van der Waals surface area contributed by atoms with Crippen LogP contribution in [0.25, 0.3) is 11.2 Å². The highest BCUT2D eigenvalue weighted by Crippen LogP contribution is 2.40. The fourth-order valence-corrected chi connectivity index (χ4v) is 3.94. The molecule has 0 fully saturated rings. The fraction of sp³-hybridized carbons (Fsp3) is 0.409. The van der Waals surface area contributed by atoms with E-state index in [1.54, 1.807) is 18.2 Å². The summed E-state index contributed by atoms with van der Waals surface area (Å²) in [4.78, 5) is 22.7. The highest BCUT2D eigenvalue weighted by atomic mass is 16.5. The zero-order chi connectivity index (χ0) is 21.3. The number of carbonyl (C=O) groups excluding carboxylic acids is 1. The van der Waals surface area contributed by atoms with Crippen LogP contribution in [0.3, 0.4) is 0 Å². The minimum absolute atomic E-state index is 0.256. The monoisotopic (exact) mass is 410 g/mol. The topological polar surface area (TPSA) is 87.5 Å². The number of nitrogens with zero attached hydrogens (tertiary/aromatic N) is 3. The average molecular weight is 410 g/mol. The Morgan fingerprint density at radius 3 is 2.40 bits per heavy atom. The minimum Gasteiger partial charge on any atom is -0.493 e. The van der Waals surface area contributed by atoms with Crippen molar-refractivity contribution in [2.45, 2.75) is 39.2 Å². The van der Waals surface area contributed by atoms with Crippen molar-refractivity contribution in [1.29, 1.82) is 0 Å². The molecule has 0 bridgehead atoms. The van der Waals surface area contributed by atoms with Crippen LogP contribution in [0.2, 0.25) is 0 Å². The van der Waals surface area contributed by atoms with Crippen LogP contribution >= 0.6 is 0 Å². The Morgan fingerprint density at radius 1 is 1.00 bits per heavy atom. The van der Waals surface area contributed by atoms with Crippen molar-refractivity contribution < 1.29 is 19.0 Å². The Morgan fingerprint density at radius 2 is 1.73 bits per heavy atom. The van der Waals surface area contributed by atoms with Gasteiger partial charge in [-0.3, -0.25) is 4.79 Å². The van der Waals surface area contributed by atoms with Gasteiger partial charge >= 0.3 is 0 Å². The van der Waals surface area contributed by atoms with Gasteiger partial charge < -0.3 is 24.1 Å². The molecule has 30 heavy (non-hydrogen) atoms. The fourth-order valence-electron chi connectivity index (χ4n) is 3.94. The van der Waals surface area contributed by atoms with Gasteiger partial charge in [-0.05, 0) is 25.8 Å². The number of benzene rings is 1. The maximum atomic E-state index is 13.2. The Labute approximate surface area is 175 Å². The quantitative estimate of drug-likeness (QED) is 0.689. The third kappa shape index (κ3) is 3.53. The summed E-state index contributed by atoms with van der Waals surface area (Å²) >= 11 is 0. The van der Waals surface area contributed by atoms with Crippen LogP contribution in [0.15, 0.2) is 18.2 Å². The van der Waals surface area contributed by atoms with Crippen LogP contribution in [0.1, 0.15) is 41.1 Å². The molecule has 4 rings (SSSR count). The Kier molecular flexibility index (Phi) is 5.48. The third-order valence-electron chi connectivity index (χ3n) is 5.36. The molecule has 0 aliphatic carbocycles. The number of methoxy groups -OCH3 is 3. The van der Waals surface area contributed by atoms with Crippen molar-refractivity contribution in [3.05, 3.63) is 35.3 Å². The van der Waals surface area contributed by atoms with E-state index in [0.717, 1.165) is 43.0 Å². The summed E-state index contributed by atoms with van der Waals surface area (Å²) in [5.41, 5.74) is 3.25. The first kappa shape index (κ1) is 20.0. The van der Waals surface area contributed by atoms with Crippen molar-refractivity contribution in [2.75, 3.05) is 26.6 Å². The van der Waals surface area contributed by atoms with Crippen molar-refractivity contribution >= 4 is 22.8 Å². The smallest absolute Gasteiger partial charge is 0.258 e. The van der Waals surface area contributed by atoms with E-state index < -0.39 is 0 Å². The van der Waals surface area contributed by atoms with E-state index in [2.05, 4.69) is 14.9 Å². The van der Waals surface area contributed by atoms with E-state index in [1.165, 1.54) is 27.8 Å². The van der Waals surface area contributed by atoms with Gasteiger partial charge in [0.1, 0.15) is 11.3 Å². The van der Waals surface area contributed by atoms with E-state index in [9.17, 15) is 4.79 Å². The number of amides is 1. The predicted molar refractivity (Wildman–Crippen MR) is 114 cm³/mol. The normalized spacial score (nSPS) is 13.5. The Hall–Kier alpha value is -3.29. The van der Waals surface area contributed by atoms with Crippen LogP contribution in [-0.4, -0.2) is 41.8 Å². The first-order valence-electron chi connectivity index (χ1n) is 10.0. The second kappa shape index (κ2) is 8.22. The lowest BCUT2D eigenvalue weighted by Gasteiger charge is -2.15. The van der Waals surface area contributed by atoms with Crippen LogP contribution in [0.4, 0.5) is 5.69 Å². The highest BCUT2D eigenvalue weighted by Gasteiger charge is 2.22. The minimum atomic E-state index is -0.256. The maximum absolute atomic E-state index is 13.2. The number of aryl methyl sites for hydroxylation is 3. The number of fused-ring (bicyclic) bond motifs is 3. The lowest BCUT2D eigenvalue weighted by molar-refractivity contribution is 0.102. The molecule has 0 radical (unpaired) electrons. The molecule has 2 aromatic heterocycles. The Bertz CT molecular complexity index is 1080. The van der Waals surface area contributed by atoms with Gasteiger partial charge in [0.25, 0.3) is 5.91 Å². The lowest BCUT2D eigenvalue weighted by Crippen LogP contribution is -2.14. The molecule has 0 spiro atoms. The molecule has 1 aliphatic heterocycles. The molecule has 0 saturated carbocycles. The van der Waals surface area contributed by atoms with Gasteiger partial charge in [0.15, 0.2) is 17.1 Å². The van der Waals surface area contributed by atoms with Crippen LogP contribution < -0.4 is 19.5 Å². The summed E-state index contributed by atoms with van der Waals surface area (Å²) < 4.78 is 18.3. The number of aromatic nitrogens is 3. The second-order valence-corrected chi connectivity index (χ2v) is 7.34. The molecule has 1 amide bonds. The summed E-state index contributed by atoms with van der Waals surface area (Å²) in [5, 5.41) is 2.94. The second-order valence-electron chi connectivity index (χ2n) is 7.34. The maximum Gasteiger partial charge on any atom is 0.258 e. The zero-order valence-electron chi connectivity index (χ0n) is 17.7. The molecule has 3 heterocycles. The van der Waals surface area contributed by atoms with Gasteiger partial charge in [0.2, 0.25) is 5.75 Å². The summed E-state index contributed by atoms with van der Waals surface area (Å²) in [7, 11) is 4.62. The predicted octanol–water partition coefficient (Wildman–Crippen LogP) is 3.74. The molecule has 158 valence electrons. The van der Waals surface area contributed by atoms with Crippen LogP contribution in [-0.2, 0) is 13.0 Å². The standard InChI is InChI=1S/C22H26N4O4/c1-13-10-15(19-21(23-13)26-9-7-5-6-8-18(26)25-19)22(27)24-14-11-16(28-2)20(30-4)17(12-14)29-3/h10-12H,5-9H2,1-4H3,(H,24,27). The first-order chi connectivity index (χ1) is 14.5. The van der Waals surface area contributed by atoms with Gasteiger partial charge in [-0.1, -0.05) is 6.42 Å². The van der Waals surface area contributed by atoms with E-state index in [0.29, 0.717) is 34.0 Å². The van der Waals surface area contributed by atoms with Gasteiger partial charge in [-0.15, -0.1) is 0 Å². The molecule has 1 N–H and O–H groups in total. The average Bonchev–Trinajstić information content (AvgIpc) is 2.93. The number of ether oxygens (including phenoxy) is 3. The van der Waals surface area contributed by atoms with E-state index in [1.807, 2.05) is 6.92 Å². The molecule has 1 aromatic carbocycles. The molecule has 8 heteroatoms. The summed E-state index contributed by atoms with van der Waals surface area (Å²) in [6.45, 7) is 2.78. The van der Waals surface area contributed by atoms with Gasteiger partial charge in [-0.25, -0.2) is 9.97 Å². The molecular weight excluding hydrogens is 384 g/mol. The highest BCUT2D eigenvalue weighted by molar-refractivity contribution is 6.11. The Balaban J connectivity index is 1.74. The van der Waals surface area contributed by atoms with Crippen LogP contribution in [0.5, 0.6) is 17.2 Å². The lowest BCUT2D eigenvalue weighted by atomic mass is 10.1. The molecule has 0 saturated heterocycles. The van der Waals surface area contributed by atoms with Crippen molar-refractivity contribution in [2.24, 2.45) is 0 Å². The van der Waals surface area contributed by atoms with Gasteiger partial charge in [-0.2, -0.15) is 0 Å². The number of nitrogens with one attached hydrogen (secondary N) is 1. The van der Waals surface area contributed by atoms with E-state index in [-0.39, 0.29) is 5.91 Å². The number of hydrogen-bond acceptors (Lipinski definition) is 6. The molecule has 3 aromatic rings. The number of rotatable bonds is 5. The van der Waals surface area contributed by atoms with Crippen molar-refractivity contribution in [1.82, 2.24) is 14.5 Å². The largest absolute Gasteiger partial charge is 0.493 e. The molecule has 0 unspecified atom stereocenters. The van der Waals surface area contributed by atoms with E-state index >= 15 is 0 Å². The van der Waals surface area contributed by atoms with Gasteiger partial charge in [0.05, 0.1) is 26.9 Å². The molecular formula is C22H26N4O4. The van der Waals surface area contributed by atoms with E-state index in [4.69, 9.17) is 19.2 Å². The molecule has 1 aliphatic rings. The number of anilines is 1. The van der Waals surface area contributed by atoms with Crippen molar-refractivity contribution in [3.8, 4) is 17.2 Å². The molecule has 0 atom stereocenters. The zero-order valence-corrected chi connectivity index (χ0v) is 17.7. The summed E-state index contributed by atoms with van der Waals surface area (Å²) in [6.07, 6.45) is 4.30. The number of hydrogen-bond donors (Lipinski definition) is 1.